The van der Waals surface area contributed by atoms with Gasteiger partial charge in [0.15, 0.2) is 4.80 Å². The van der Waals surface area contributed by atoms with Crippen LogP contribution in [0, 0.1) is 5.82 Å². The minimum absolute atomic E-state index is 0.313. The fourth-order valence-electron chi connectivity index (χ4n) is 2.35. The highest BCUT2D eigenvalue weighted by Crippen LogP contribution is 2.18. The highest BCUT2D eigenvalue weighted by Gasteiger charge is 2.12. The third-order valence-electron chi connectivity index (χ3n) is 3.39. The lowest BCUT2D eigenvalue weighted by Crippen LogP contribution is -2.17. The van der Waals surface area contributed by atoms with E-state index in [1.165, 1.54) is 23.5 Å². The molecule has 3 rings (SSSR count). The van der Waals surface area contributed by atoms with Crippen molar-refractivity contribution in [1.82, 2.24) is 14.3 Å². The van der Waals surface area contributed by atoms with Crippen LogP contribution in [0.15, 0.2) is 48.1 Å². The van der Waals surface area contributed by atoms with Crippen molar-refractivity contribution < 1.29 is 9.18 Å². The second-order valence-electron chi connectivity index (χ2n) is 4.85. The summed E-state index contributed by atoms with van der Waals surface area (Å²) in [7, 11) is 0. The molecule has 0 saturated carbocycles. The van der Waals surface area contributed by atoms with Gasteiger partial charge in [-0.1, -0.05) is 17.4 Å². The van der Waals surface area contributed by atoms with Crippen LogP contribution < -0.4 is 4.80 Å². The van der Waals surface area contributed by atoms with Crippen molar-refractivity contribution in [2.45, 2.75) is 20.0 Å². The quantitative estimate of drug-likeness (QED) is 0.691. The molecule has 0 bridgehead atoms. The van der Waals surface area contributed by atoms with Gasteiger partial charge in [-0.3, -0.25) is 9.48 Å². The summed E-state index contributed by atoms with van der Waals surface area (Å²) in [5.41, 5.74) is 1.26. The smallest absolute Gasteiger partial charge is 0.297 e. The van der Waals surface area contributed by atoms with Crippen molar-refractivity contribution in [3.63, 3.8) is 0 Å². The van der Waals surface area contributed by atoms with Crippen LogP contribution in [-0.4, -0.2) is 20.3 Å². The van der Waals surface area contributed by atoms with Gasteiger partial charge >= 0.3 is 0 Å². The van der Waals surface area contributed by atoms with E-state index in [1.54, 1.807) is 29.1 Å². The monoisotopic (exact) mass is 330 g/mol. The summed E-state index contributed by atoms with van der Waals surface area (Å²) in [5, 5.41) is 4.08. The maximum atomic E-state index is 13.4. The molecule has 7 heteroatoms. The molecule has 0 unspecified atom stereocenters. The van der Waals surface area contributed by atoms with E-state index in [0.29, 0.717) is 23.6 Å². The van der Waals surface area contributed by atoms with Gasteiger partial charge in [0.1, 0.15) is 11.5 Å². The average molecular weight is 330 g/mol. The van der Waals surface area contributed by atoms with Gasteiger partial charge in [0, 0.05) is 19.3 Å². The Bertz CT molecular complexity index is 951. The zero-order valence-corrected chi connectivity index (χ0v) is 13.4. The molecule has 0 fully saturated rings. The number of halogens is 1. The van der Waals surface area contributed by atoms with Crippen LogP contribution in [0.3, 0.4) is 0 Å². The fraction of sp³-hybridized carbons (Fsp3) is 0.188. The summed E-state index contributed by atoms with van der Waals surface area (Å²) in [6.07, 6.45) is 3.29. The third-order valence-corrected chi connectivity index (χ3v) is 4.43. The molecular formula is C16H15FN4OS. The van der Waals surface area contributed by atoms with Crippen molar-refractivity contribution in [3.05, 3.63) is 59.4 Å². The molecule has 0 aliphatic carbocycles. The van der Waals surface area contributed by atoms with Crippen molar-refractivity contribution in [3.8, 4) is 0 Å². The lowest BCUT2D eigenvalue weighted by Gasteiger charge is -2.01. The summed E-state index contributed by atoms with van der Waals surface area (Å²) >= 11 is 1.28. The molecule has 23 heavy (non-hydrogen) atoms. The highest BCUT2D eigenvalue weighted by molar-refractivity contribution is 7.16. The molecule has 118 valence electrons. The number of carbonyl (C=O) groups is 1. The number of allylic oxidation sites excluding steroid dienone is 1. The Morgan fingerprint density at radius 1 is 1.48 bits per heavy atom. The number of carbonyl (C=O) groups excluding carboxylic acids is 1. The normalized spacial score (nSPS) is 12.0. The SMILES string of the molecule is C=CCn1c(=NC(=O)c2ccnn2CC)sc2cc(F)ccc21. The van der Waals surface area contributed by atoms with Crippen LogP contribution in [-0.2, 0) is 13.1 Å². The molecule has 0 N–H and O–H groups in total. The van der Waals surface area contributed by atoms with Gasteiger partial charge < -0.3 is 4.57 Å². The molecule has 1 amide bonds. The standard InChI is InChI=1S/C16H15FN4OS/c1-3-9-20-12-6-5-11(17)10-14(12)23-16(20)19-15(22)13-7-8-18-21(13)4-2/h3,5-8,10H,1,4,9H2,2H3. The average Bonchev–Trinajstić information content (AvgIpc) is 3.12. The van der Waals surface area contributed by atoms with Crippen LogP contribution in [0.5, 0.6) is 0 Å². The summed E-state index contributed by atoms with van der Waals surface area (Å²) < 4.78 is 17.6. The number of thiazole rings is 1. The fourth-order valence-corrected chi connectivity index (χ4v) is 3.41. The molecule has 0 aliphatic rings. The maximum absolute atomic E-state index is 13.4. The molecule has 0 saturated heterocycles. The number of hydrogen-bond acceptors (Lipinski definition) is 3. The van der Waals surface area contributed by atoms with E-state index < -0.39 is 0 Å². The predicted octanol–water partition coefficient (Wildman–Crippen LogP) is 2.99. The number of aromatic nitrogens is 3. The molecule has 1 aromatic carbocycles. The van der Waals surface area contributed by atoms with Crippen molar-refractivity contribution in [1.29, 1.82) is 0 Å². The van der Waals surface area contributed by atoms with Crippen molar-refractivity contribution in [2.75, 3.05) is 0 Å². The topological polar surface area (TPSA) is 52.2 Å². The van der Waals surface area contributed by atoms with Gasteiger partial charge in [-0.2, -0.15) is 10.1 Å². The number of fused-ring (bicyclic) bond motifs is 1. The van der Waals surface area contributed by atoms with Crippen LogP contribution >= 0.6 is 11.3 Å². The van der Waals surface area contributed by atoms with Crippen molar-refractivity contribution >= 4 is 27.5 Å². The first kappa shape index (κ1) is 15.4. The summed E-state index contributed by atoms with van der Waals surface area (Å²) in [6.45, 7) is 6.72. The number of hydrogen-bond donors (Lipinski definition) is 0. The van der Waals surface area contributed by atoms with Crippen molar-refractivity contribution in [2.24, 2.45) is 4.99 Å². The van der Waals surface area contributed by atoms with E-state index in [2.05, 4.69) is 16.7 Å². The van der Waals surface area contributed by atoms with Crippen LogP contribution in [0.4, 0.5) is 4.39 Å². The van der Waals surface area contributed by atoms with Gasteiger partial charge in [-0.15, -0.1) is 6.58 Å². The van der Waals surface area contributed by atoms with E-state index in [4.69, 9.17) is 0 Å². The minimum atomic E-state index is -0.366. The Kier molecular flexibility index (Phi) is 4.20. The minimum Gasteiger partial charge on any atom is -0.312 e. The Morgan fingerprint density at radius 3 is 3.04 bits per heavy atom. The van der Waals surface area contributed by atoms with E-state index in [-0.39, 0.29) is 11.7 Å². The van der Waals surface area contributed by atoms with Crippen LogP contribution in [0.25, 0.3) is 10.2 Å². The number of aryl methyl sites for hydroxylation is 1. The van der Waals surface area contributed by atoms with Crippen LogP contribution in [0.1, 0.15) is 17.4 Å². The molecule has 0 atom stereocenters. The number of rotatable bonds is 4. The second kappa shape index (κ2) is 6.29. The number of benzene rings is 1. The molecule has 2 aromatic heterocycles. The van der Waals surface area contributed by atoms with E-state index in [1.807, 2.05) is 11.5 Å². The lowest BCUT2D eigenvalue weighted by molar-refractivity contribution is 0.0987. The Balaban J connectivity index is 2.16. The predicted molar refractivity (Wildman–Crippen MR) is 87.8 cm³/mol. The Morgan fingerprint density at radius 2 is 2.30 bits per heavy atom. The van der Waals surface area contributed by atoms with Gasteiger partial charge in [0.25, 0.3) is 5.91 Å². The zero-order valence-electron chi connectivity index (χ0n) is 12.6. The number of nitrogens with zero attached hydrogens (tertiary/aromatic N) is 4. The molecule has 0 spiro atoms. The van der Waals surface area contributed by atoms with Gasteiger partial charge in [-0.05, 0) is 31.2 Å². The Labute approximate surface area is 136 Å². The molecular weight excluding hydrogens is 315 g/mol. The number of amides is 1. The van der Waals surface area contributed by atoms with Gasteiger partial charge in [0.05, 0.1) is 10.2 Å². The lowest BCUT2D eigenvalue weighted by atomic mass is 10.3. The van der Waals surface area contributed by atoms with E-state index >= 15 is 0 Å². The molecule has 5 nitrogen and oxygen atoms in total. The second-order valence-corrected chi connectivity index (χ2v) is 5.85. The summed E-state index contributed by atoms with van der Waals surface area (Å²) in [4.78, 5) is 17.1. The van der Waals surface area contributed by atoms with E-state index in [9.17, 15) is 9.18 Å². The van der Waals surface area contributed by atoms with Crippen LogP contribution in [0.2, 0.25) is 0 Å². The molecule has 0 radical (unpaired) electrons. The molecule has 3 aromatic rings. The maximum Gasteiger partial charge on any atom is 0.297 e. The van der Waals surface area contributed by atoms with E-state index in [0.717, 1.165) is 10.2 Å². The third kappa shape index (κ3) is 2.87. The summed E-state index contributed by atoms with van der Waals surface area (Å²) in [6, 6.07) is 6.16. The Hall–Kier alpha value is -2.54. The largest absolute Gasteiger partial charge is 0.312 e. The first-order chi connectivity index (χ1) is 11.1. The molecule has 0 aliphatic heterocycles. The van der Waals surface area contributed by atoms with Gasteiger partial charge in [-0.25, -0.2) is 4.39 Å². The van der Waals surface area contributed by atoms with Gasteiger partial charge in [0.2, 0.25) is 0 Å². The first-order valence-corrected chi connectivity index (χ1v) is 7.96. The summed E-state index contributed by atoms with van der Waals surface area (Å²) in [5.74, 6) is -0.680. The highest BCUT2D eigenvalue weighted by atomic mass is 32.1. The zero-order chi connectivity index (χ0) is 16.4. The first-order valence-electron chi connectivity index (χ1n) is 7.14. The molecule has 2 heterocycles.